The van der Waals surface area contributed by atoms with Crippen LogP contribution in [0.1, 0.15) is 18.9 Å². The molecule has 4 heteroatoms. The molecule has 3 nitrogen and oxygen atoms in total. The molecule has 0 fully saturated rings. The lowest BCUT2D eigenvalue weighted by Gasteiger charge is -2.10. The summed E-state index contributed by atoms with van der Waals surface area (Å²) in [5.74, 6) is 1.19. The number of benzene rings is 1. The van der Waals surface area contributed by atoms with Crippen molar-refractivity contribution in [3.8, 4) is 5.75 Å². The van der Waals surface area contributed by atoms with Crippen LogP contribution in [0.2, 0.25) is 0 Å². The van der Waals surface area contributed by atoms with Gasteiger partial charge in [-0.05, 0) is 17.7 Å². The maximum Gasteiger partial charge on any atom is 0.312 e. The maximum absolute atomic E-state index is 11.8. The van der Waals surface area contributed by atoms with Crippen LogP contribution in [-0.4, -0.2) is 16.2 Å². The Morgan fingerprint density at radius 2 is 2.05 bits per heavy atom. The first kappa shape index (κ1) is 14.6. The minimum atomic E-state index is -0.217. The van der Waals surface area contributed by atoms with E-state index in [1.54, 1.807) is 36.3 Å². The Morgan fingerprint density at radius 3 is 2.75 bits per heavy atom. The number of thioether (sulfide) groups is 1. The van der Waals surface area contributed by atoms with Gasteiger partial charge in [-0.3, -0.25) is 9.78 Å². The van der Waals surface area contributed by atoms with Crippen molar-refractivity contribution in [2.24, 2.45) is 0 Å². The van der Waals surface area contributed by atoms with Crippen LogP contribution in [0.15, 0.2) is 54.9 Å². The van der Waals surface area contributed by atoms with Crippen LogP contribution in [-0.2, 0) is 10.5 Å². The van der Waals surface area contributed by atoms with E-state index >= 15 is 0 Å². The van der Waals surface area contributed by atoms with Gasteiger partial charge in [0, 0.05) is 17.2 Å². The lowest BCUT2D eigenvalue weighted by molar-refractivity contribution is -0.134. The average Bonchev–Trinajstić information content (AvgIpc) is 2.47. The van der Waals surface area contributed by atoms with Gasteiger partial charge in [-0.25, -0.2) is 0 Å². The third-order valence-corrected chi connectivity index (χ3v) is 3.93. The molecule has 0 aliphatic carbocycles. The molecule has 0 bridgehead atoms. The highest BCUT2D eigenvalue weighted by Crippen LogP contribution is 2.20. The first-order chi connectivity index (χ1) is 9.74. The molecule has 20 heavy (non-hydrogen) atoms. The molecule has 0 unspecified atom stereocenters. The number of carbonyl (C=O) groups is 1. The van der Waals surface area contributed by atoms with E-state index in [1.165, 1.54) is 5.56 Å². The van der Waals surface area contributed by atoms with Gasteiger partial charge >= 0.3 is 5.97 Å². The molecule has 0 saturated carbocycles. The van der Waals surface area contributed by atoms with Gasteiger partial charge in [-0.2, -0.15) is 11.8 Å². The van der Waals surface area contributed by atoms with E-state index in [4.69, 9.17) is 4.74 Å². The number of esters is 1. The third-order valence-electron chi connectivity index (χ3n) is 2.70. The molecule has 1 atom stereocenters. The van der Waals surface area contributed by atoms with Gasteiger partial charge in [0.05, 0.1) is 12.6 Å². The molecule has 2 rings (SSSR count). The lowest BCUT2D eigenvalue weighted by Crippen LogP contribution is -2.13. The number of hydrogen-bond donors (Lipinski definition) is 0. The molecule has 1 heterocycles. The molecule has 1 aromatic heterocycles. The van der Waals surface area contributed by atoms with Crippen molar-refractivity contribution in [3.63, 3.8) is 0 Å². The van der Waals surface area contributed by atoms with Crippen molar-refractivity contribution >= 4 is 17.7 Å². The second-order valence-electron chi connectivity index (χ2n) is 4.47. The van der Waals surface area contributed by atoms with Gasteiger partial charge < -0.3 is 4.74 Å². The number of rotatable bonds is 6. The largest absolute Gasteiger partial charge is 0.425 e. The van der Waals surface area contributed by atoms with Crippen LogP contribution in [0.25, 0.3) is 0 Å². The molecule has 0 saturated heterocycles. The topological polar surface area (TPSA) is 39.2 Å². The van der Waals surface area contributed by atoms with Crippen LogP contribution in [0.5, 0.6) is 5.75 Å². The van der Waals surface area contributed by atoms with Gasteiger partial charge in [0.15, 0.2) is 0 Å². The SMILES string of the molecule is C[C@@H](CC(=O)Oc1cccnc1)SCc1ccccc1. The molecule has 104 valence electrons. The minimum Gasteiger partial charge on any atom is -0.425 e. The van der Waals surface area contributed by atoms with E-state index in [0.717, 1.165) is 5.75 Å². The maximum atomic E-state index is 11.8. The van der Waals surface area contributed by atoms with E-state index in [9.17, 15) is 4.79 Å². The molecule has 0 spiro atoms. The van der Waals surface area contributed by atoms with Gasteiger partial charge in [0.2, 0.25) is 0 Å². The van der Waals surface area contributed by atoms with Crippen molar-refractivity contribution in [3.05, 3.63) is 60.4 Å². The number of hydrogen-bond acceptors (Lipinski definition) is 4. The van der Waals surface area contributed by atoms with Crippen molar-refractivity contribution < 1.29 is 9.53 Å². The lowest BCUT2D eigenvalue weighted by atomic mass is 10.2. The third kappa shape index (κ3) is 5.05. The monoisotopic (exact) mass is 287 g/mol. The van der Waals surface area contributed by atoms with E-state index in [1.807, 2.05) is 25.1 Å². The molecule has 0 aliphatic heterocycles. The summed E-state index contributed by atoms with van der Waals surface area (Å²) in [5, 5.41) is 0.222. The Hall–Kier alpha value is -1.81. The summed E-state index contributed by atoms with van der Waals surface area (Å²) in [6.07, 6.45) is 3.59. The van der Waals surface area contributed by atoms with E-state index in [-0.39, 0.29) is 11.2 Å². The zero-order valence-electron chi connectivity index (χ0n) is 11.4. The molecular formula is C16H17NO2S. The Bertz CT molecular complexity index is 531. The van der Waals surface area contributed by atoms with Crippen LogP contribution >= 0.6 is 11.8 Å². The highest BCUT2D eigenvalue weighted by molar-refractivity contribution is 7.99. The molecular weight excluding hydrogens is 270 g/mol. The van der Waals surface area contributed by atoms with Crippen molar-refractivity contribution in [2.75, 3.05) is 0 Å². The molecule has 2 aromatic rings. The quantitative estimate of drug-likeness (QED) is 0.759. The Labute approximate surface area is 123 Å². The van der Waals surface area contributed by atoms with Crippen molar-refractivity contribution in [2.45, 2.75) is 24.3 Å². The minimum absolute atomic E-state index is 0.217. The Balaban J connectivity index is 1.74. The number of nitrogens with zero attached hydrogens (tertiary/aromatic N) is 1. The highest BCUT2D eigenvalue weighted by atomic mass is 32.2. The molecule has 1 aromatic carbocycles. The fourth-order valence-corrected chi connectivity index (χ4v) is 2.61. The fourth-order valence-electron chi connectivity index (χ4n) is 1.69. The summed E-state index contributed by atoms with van der Waals surface area (Å²) in [6.45, 7) is 2.04. The van der Waals surface area contributed by atoms with E-state index < -0.39 is 0 Å². The second kappa shape index (κ2) is 7.70. The zero-order valence-corrected chi connectivity index (χ0v) is 12.2. The number of aromatic nitrogens is 1. The number of carbonyl (C=O) groups excluding carboxylic acids is 1. The standard InChI is InChI=1S/C16H17NO2S/c1-13(20-12-14-6-3-2-4-7-14)10-16(18)19-15-8-5-9-17-11-15/h2-9,11,13H,10,12H2,1H3/t13-/m0/s1. The fraction of sp³-hybridized carbons (Fsp3) is 0.250. The van der Waals surface area contributed by atoms with Gasteiger partial charge in [0.25, 0.3) is 0 Å². The van der Waals surface area contributed by atoms with E-state index in [2.05, 4.69) is 17.1 Å². The molecule has 0 radical (unpaired) electrons. The normalized spacial score (nSPS) is 11.8. The van der Waals surface area contributed by atoms with Gasteiger partial charge in [0.1, 0.15) is 5.75 Å². The van der Waals surface area contributed by atoms with Crippen molar-refractivity contribution in [1.29, 1.82) is 0 Å². The summed E-state index contributed by atoms with van der Waals surface area (Å²) < 4.78 is 5.22. The van der Waals surface area contributed by atoms with Crippen LogP contribution < -0.4 is 4.74 Å². The summed E-state index contributed by atoms with van der Waals surface area (Å²) in [6, 6.07) is 13.7. The van der Waals surface area contributed by atoms with Crippen LogP contribution in [0, 0.1) is 0 Å². The summed E-state index contributed by atoms with van der Waals surface area (Å²) in [5.41, 5.74) is 1.27. The predicted octanol–water partition coefficient (Wildman–Crippen LogP) is 3.70. The van der Waals surface area contributed by atoms with Crippen LogP contribution in [0.3, 0.4) is 0 Å². The Morgan fingerprint density at radius 1 is 1.25 bits per heavy atom. The molecule has 0 amide bonds. The summed E-state index contributed by atoms with van der Waals surface area (Å²) >= 11 is 1.75. The first-order valence-corrected chi connectivity index (χ1v) is 7.55. The average molecular weight is 287 g/mol. The van der Waals surface area contributed by atoms with Crippen LogP contribution in [0.4, 0.5) is 0 Å². The number of ether oxygens (including phenoxy) is 1. The molecule has 0 N–H and O–H groups in total. The van der Waals surface area contributed by atoms with E-state index in [0.29, 0.717) is 12.2 Å². The summed E-state index contributed by atoms with van der Waals surface area (Å²) in [4.78, 5) is 15.7. The molecule has 0 aliphatic rings. The summed E-state index contributed by atoms with van der Waals surface area (Å²) in [7, 11) is 0. The number of pyridine rings is 1. The second-order valence-corrected chi connectivity index (χ2v) is 5.90. The van der Waals surface area contributed by atoms with Crippen molar-refractivity contribution in [1.82, 2.24) is 4.98 Å². The Kier molecular flexibility index (Phi) is 5.62. The van der Waals surface area contributed by atoms with Gasteiger partial charge in [-0.15, -0.1) is 0 Å². The predicted molar refractivity (Wildman–Crippen MR) is 81.7 cm³/mol. The smallest absolute Gasteiger partial charge is 0.312 e. The first-order valence-electron chi connectivity index (χ1n) is 6.50. The van der Waals surface area contributed by atoms with Gasteiger partial charge in [-0.1, -0.05) is 37.3 Å². The zero-order chi connectivity index (χ0) is 14.2. The highest BCUT2D eigenvalue weighted by Gasteiger charge is 2.11.